The van der Waals surface area contributed by atoms with Gasteiger partial charge in [-0.15, -0.1) is 0 Å². The largest absolute Gasteiger partial charge is 0.368 e. The fraction of sp³-hybridized carbons (Fsp3) is 0.900. The summed E-state index contributed by atoms with van der Waals surface area (Å²) in [7, 11) is 1.95. The lowest BCUT2D eigenvalue weighted by Crippen LogP contribution is -2.48. The predicted octanol–water partition coefficient (Wildman–Crippen LogP) is -0.0643. The molecular formula is C10H21N3O. The van der Waals surface area contributed by atoms with Crippen LogP contribution < -0.4 is 11.1 Å². The number of nitrogens with two attached hydrogens (primary N) is 1. The van der Waals surface area contributed by atoms with Gasteiger partial charge in [0, 0.05) is 6.54 Å². The second kappa shape index (κ2) is 5.98. The summed E-state index contributed by atoms with van der Waals surface area (Å²) in [6.45, 7) is 3.01. The van der Waals surface area contributed by atoms with Crippen LogP contribution in [0.4, 0.5) is 0 Å². The maximum Gasteiger partial charge on any atom is 0.234 e. The minimum atomic E-state index is -0.158. The molecule has 0 radical (unpaired) electrons. The van der Waals surface area contributed by atoms with Gasteiger partial charge in [0.25, 0.3) is 0 Å². The molecule has 1 aliphatic rings. The Labute approximate surface area is 85.8 Å². The summed E-state index contributed by atoms with van der Waals surface area (Å²) in [5.74, 6) is -0.158. The lowest BCUT2D eigenvalue weighted by Gasteiger charge is -2.33. The number of nitrogens with one attached hydrogen (secondary N) is 1. The number of carbonyl (C=O) groups is 1. The van der Waals surface area contributed by atoms with Gasteiger partial charge in [-0.05, 0) is 39.4 Å². The molecule has 0 saturated carbocycles. The minimum Gasteiger partial charge on any atom is -0.368 e. The maximum atomic E-state index is 11.2. The van der Waals surface area contributed by atoms with E-state index in [1.54, 1.807) is 0 Å². The zero-order valence-corrected chi connectivity index (χ0v) is 8.96. The van der Waals surface area contributed by atoms with Crippen molar-refractivity contribution in [2.45, 2.75) is 31.7 Å². The minimum absolute atomic E-state index is 0.0133. The zero-order valence-electron chi connectivity index (χ0n) is 8.96. The van der Waals surface area contributed by atoms with Gasteiger partial charge in [-0.2, -0.15) is 0 Å². The number of hydrogen-bond acceptors (Lipinski definition) is 3. The second-order valence-corrected chi connectivity index (χ2v) is 3.91. The van der Waals surface area contributed by atoms with Crippen LogP contribution in [0.15, 0.2) is 0 Å². The predicted molar refractivity (Wildman–Crippen MR) is 57.0 cm³/mol. The lowest BCUT2D eigenvalue weighted by atomic mass is 10.0. The van der Waals surface area contributed by atoms with E-state index in [0.29, 0.717) is 0 Å². The van der Waals surface area contributed by atoms with Crippen LogP contribution in [0, 0.1) is 0 Å². The summed E-state index contributed by atoms with van der Waals surface area (Å²) in [5.41, 5.74) is 5.37. The van der Waals surface area contributed by atoms with Crippen LogP contribution in [0.3, 0.4) is 0 Å². The van der Waals surface area contributed by atoms with Crippen molar-refractivity contribution in [1.82, 2.24) is 10.2 Å². The number of rotatable bonds is 5. The van der Waals surface area contributed by atoms with Crippen molar-refractivity contribution in [2.24, 2.45) is 5.73 Å². The van der Waals surface area contributed by atoms with Crippen LogP contribution in [0.5, 0.6) is 0 Å². The van der Waals surface area contributed by atoms with Crippen molar-refractivity contribution >= 4 is 5.91 Å². The highest BCUT2D eigenvalue weighted by Crippen LogP contribution is 2.16. The van der Waals surface area contributed by atoms with Crippen molar-refractivity contribution in [2.75, 3.05) is 26.7 Å². The van der Waals surface area contributed by atoms with Crippen molar-refractivity contribution in [3.8, 4) is 0 Å². The van der Waals surface area contributed by atoms with E-state index in [9.17, 15) is 4.79 Å². The highest BCUT2D eigenvalue weighted by molar-refractivity contribution is 5.79. The fourth-order valence-corrected chi connectivity index (χ4v) is 2.04. The Kier molecular flexibility index (Phi) is 4.90. The Bertz CT molecular complexity index is 184. The van der Waals surface area contributed by atoms with E-state index in [-0.39, 0.29) is 11.9 Å². The lowest BCUT2D eigenvalue weighted by molar-refractivity contribution is -0.124. The Balaban J connectivity index is 2.34. The first-order valence-electron chi connectivity index (χ1n) is 5.43. The van der Waals surface area contributed by atoms with E-state index in [1.165, 1.54) is 6.42 Å². The standard InChI is InChI=1S/C10H21N3O/c1-12-6-4-8-13-7-3-2-5-9(13)10(11)14/h9,12H,2-8H2,1H3,(H2,11,14). The van der Waals surface area contributed by atoms with Gasteiger partial charge in [-0.3, -0.25) is 9.69 Å². The van der Waals surface area contributed by atoms with Gasteiger partial charge in [0.15, 0.2) is 0 Å². The topological polar surface area (TPSA) is 58.4 Å². The number of piperidine rings is 1. The SMILES string of the molecule is CNCCCN1CCCCC1C(N)=O. The smallest absolute Gasteiger partial charge is 0.234 e. The summed E-state index contributed by atoms with van der Waals surface area (Å²) in [6.07, 6.45) is 4.36. The summed E-state index contributed by atoms with van der Waals surface area (Å²) in [5, 5.41) is 3.11. The van der Waals surface area contributed by atoms with E-state index < -0.39 is 0 Å². The highest BCUT2D eigenvalue weighted by atomic mass is 16.1. The molecule has 1 unspecified atom stereocenters. The molecule has 1 amide bonds. The van der Waals surface area contributed by atoms with Crippen molar-refractivity contribution < 1.29 is 4.79 Å². The van der Waals surface area contributed by atoms with Crippen molar-refractivity contribution in [3.05, 3.63) is 0 Å². The Morgan fingerprint density at radius 2 is 2.36 bits per heavy atom. The molecule has 82 valence electrons. The van der Waals surface area contributed by atoms with Gasteiger partial charge in [0.2, 0.25) is 5.91 Å². The molecule has 1 saturated heterocycles. The molecule has 1 rings (SSSR count). The fourth-order valence-electron chi connectivity index (χ4n) is 2.04. The number of likely N-dealkylation sites (tertiary alicyclic amines) is 1. The van der Waals surface area contributed by atoms with Crippen molar-refractivity contribution in [3.63, 3.8) is 0 Å². The normalized spacial score (nSPS) is 23.6. The van der Waals surface area contributed by atoms with Crippen LogP contribution in [0.1, 0.15) is 25.7 Å². The average Bonchev–Trinajstić information content (AvgIpc) is 2.19. The molecule has 1 aliphatic heterocycles. The molecule has 0 spiro atoms. The van der Waals surface area contributed by atoms with E-state index >= 15 is 0 Å². The zero-order chi connectivity index (χ0) is 10.4. The molecule has 3 N–H and O–H groups in total. The molecule has 1 heterocycles. The van der Waals surface area contributed by atoms with E-state index in [2.05, 4.69) is 10.2 Å². The summed E-state index contributed by atoms with van der Waals surface area (Å²) >= 11 is 0. The van der Waals surface area contributed by atoms with Crippen LogP contribution in [-0.4, -0.2) is 43.5 Å². The number of carbonyl (C=O) groups excluding carboxylic acids is 1. The van der Waals surface area contributed by atoms with E-state index in [1.807, 2.05) is 7.05 Å². The summed E-state index contributed by atoms with van der Waals surface area (Å²) < 4.78 is 0. The summed E-state index contributed by atoms with van der Waals surface area (Å²) in [6, 6.07) is -0.0133. The first kappa shape index (κ1) is 11.5. The van der Waals surface area contributed by atoms with Crippen LogP contribution in [0.2, 0.25) is 0 Å². The molecule has 0 aromatic heterocycles. The maximum absolute atomic E-state index is 11.2. The van der Waals surface area contributed by atoms with Gasteiger partial charge in [0.1, 0.15) is 0 Å². The van der Waals surface area contributed by atoms with Gasteiger partial charge in [-0.1, -0.05) is 6.42 Å². The molecule has 0 aromatic carbocycles. The quantitative estimate of drug-likeness (QED) is 0.610. The molecule has 1 fully saturated rings. The third kappa shape index (κ3) is 3.27. The molecule has 0 bridgehead atoms. The van der Waals surface area contributed by atoms with Crippen LogP contribution >= 0.6 is 0 Å². The van der Waals surface area contributed by atoms with Gasteiger partial charge >= 0.3 is 0 Å². The van der Waals surface area contributed by atoms with Gasteiger partial charge in [0.05, 0.1) is 6.04 Å². The monoisotopic (exact) mass is 199 g/mol. The van der Waals surface area contributed by atoms with Crippen molar-refractivity contribution in [1.29, 1.82) is 0 Å². The van der Waals surface area contributed by atoms with E-state index in [0.717, 1.165) is 38.9 Å². The third-order valence-corrected chi connectivity index (χ3v) is 2.81. The number of amides is 1. The third-order valence-electron chi connectivity index (χ3n) is 2.81. The molecule has 4 heteroatoms. The Hall–Kier alpha value is -0.610. The Morgan fingerprint density at radius 1 is 1.57 bits per heavy atom. The molecule has 1 atom stereocenters. The molecule has 4 nitrogen and oxygen atoms in total. The van der Waals surface area contributed by atoms with E-state index in [4.69, 9.17) is 5.73 Å². The first-order valence-corrected chi connectivity index (χ1v) is 5.43. The summed E-state index contributed by atoms with van der Waals surface area (Å²) in [4.78, 5) is 13.4. The molecule has 14 heavy (non-hydrogen) atoms. The first-order chi connectivity index (χ1) is 6.75. The van der Waals surface area contributed by atoms with Crippen LogP contribution in [-0.2, 0) is 4.79 Å². The van der Waals surface area contributed by atoms with Gasteiger partial charge in [-0.25, -0.2) is 0 Å². The average molecular weight is 199 g/mol. The second-order valence-electron chi connectivity index (χ2n) is 3.91. The molecular weight excluding hydrogens is 178 g/mol. The molecule has 0 aliphatic carbocycles. The number of hydrogen-bond donors (Lipinski definition) is 2. The number of nitrogens with zero attached hydrogens (tertiary/aromatic N) is 1. The highest BCUT2D eigenvalue weighted by Gasteiger charge is 2.25. The number of primary amides is 1. The Morgan fingerprint density at radius 3 is 3.00 bits per heavy atom. The van der Waals surface area contributed by atoms with Gasteiger partial charge < -0.3 is 11.1 Å². The molecule has 0 aromatic rings. The van der Waals surface area contributed by atoms with Crippen LogP contribution in [0.25, 0.3) is 0 Å².